The lowest BCUT2D eigenvalue weighted by molar-refractivity contribution is 0.0498. The van der Waals surface area contributed by atoms with E-state index >= 15 is 0 Å². The Morgan fingerprint density at radius 3 is 2.71 bits per heavy atom. The van der Waals surface area contributed by atoms with Crippen LogP contribution in [0, 0.1) is 5.92 Å². The predicted octanol–water partition coefficient (Wildman–Crippen LogP) is 1.04. The number of benzene rings is 1. The van der Waals surface area contributed by atoms with Crippen LogP contribution in [0.15, 0.2) is 23.1 Å². The fourth-order valence-electron chi connectivity index (χ4n) is 2.66. The molecule has 0 spiro atoms. The van der Waals surface area contributed by atoms with Crippen molar-refractivity contribution in [1.82, 2.24) is 4.72 Å². The molecule has 118 valence electrons. The highest BCUT2D eigenvalue weighted by Gasteiger charge is 2.26. The van der Waals surface area contributed by atoms with Crippen LogP contribution < -0.4 is 15.4 Å². The maximum atomic E-state index is 11.8. The van der Waals surface area contributed by atoms with Gasteiger partial charge in [-0.2, -0.15) is 0 Å². The molecule has 2 atom stereocenters. The van der Waals surface area contributed by atoms with E-state index in [9.17, 15) is 8.42 Å². The van der Waals surface area contributed by atoms with Crippen molar-refractivity contribution < 1.29 is 13.2 Å². The van der Waals surface area contributed by atoms with E-state index in [4.69, 9.17) is 10.5 Å². The summed E-state index contributed by atoms with van der Waals surface area (Å²) in [5.74, 6) is 0.521. The number of rotatable bonds is 4. The largest absolute Gasteiger partial charge is 0.398 e. The first-order valence-electron chi connectivity index (χ1n) is 7.00. The Bertz CT molecular complexity index is 603. The molecule has 0 aliphatic carbocycles. The average molecular weight is 313 g/mol. The van der Waals surface area contributed by atoms with Crippen LogP contribution in [0.3, 0.4) is 0 Å². The van der Waals surface area contributed by atoms with E-state index in [1.165, 1.54) is 7.05 Å². The van der Waals surface area contributed by atoms with Crippen LogP contribution in [0.1, 0.15) is 13.3 Å². The van der Waals surface area contributed by atoms with Crippen molar-refractivity contribution >= 4 is 21.4 Å². The second-order valence-electron chi connectivity index (χ2n) is 5.42. The molecule has 1 aromatic rings. The first-order valence-corrected chi connectivity index (χ1v) is 8.48. The van der Waals surface area contributed by atoms with E-state index in [-0.39, 0.29) is 16.7 Å². The number of nitrogens with one attached hydrogen (secondary N) is 1. The summed E-state index contributed by atoms with van der Waals surface area (Å²) in [6, 6.07) is 5.06. The first kappa shape index (κ1) is 16.1. The zero-order chi connectivity index (χ0) is 15.6. The summed E-state index contributed by atoms with van der Waals surface area (Å²) in [4.78, 5) is 2.29. The van der Waals surface area contributed by atoms with Crippen molar-refractivity contribution in [3.8, 4) is 0 Å². The van der Waals surface area contributed by atoms with Gasteiger partial charge >= 0.3 is 0 Å². The van der Waals surface area contributed by atoms with Gasteiger partial charge in [0.2, 0.25) is 10.0 Å². The summed E-state index contributed by atoms with van der Waals surface area (Å²) < 4.78 is 31.4. The molecular weight excluding hydrogens is 290 g/mol. The molecule has 1 aliphatic rings. The predicted molar refractivity (Wildman–Crippen MR) is 83.9 cm³/mol. The molecule has 3 N–H and O–H groups in total. The van der Waals surface area contributed by atoms with Crippen molar-refractivity contribution in [2.24, 2.45) is 5.92 Å². The molecule has 0 amide bonds. The van der Waals surface area contributed by atoms with Crippen LogP contribution in [-0.4, -0.2) is 41.8 Å². The third-order valence-electron chi connectivity index (χ3n) is 4.11. The molecule has 1 saturated heterocycles. The summed E-state index contributed by atoms with van der Waals surface area (Å²) in [6.07, 6.45) is 1.22. The molecule has 7 heteroatoms. The molecule has 0 saturated carbocycles. The van der Waals surface area contributed by atoms with Crippen LogP contribution in [0.5, 0.6) is 0 Å². The van der Waals surface area contributed by atoms with Gasteiger partial charge in [0.15, 0.2) is 0 Å². The minimum Gasteiger partial charge on any atom is -0.398 e. The topological polar surface area (TPSA) is 84.7 Å². The van der Waals surface area contributed by atoms with Crippen LogP contribution in [-0.2, 0) is 14.8 Å². The molecule has 0 radical (unpaired) electrons. The zero-order valence-electron chi connectivity index (χ0n) is 12.7. The quantitative estimate of drug-likeness (QED) is 0.811. The van der Waals surface area contributed by atoms with Crippen molar-refractivity contribution in [3.05, 3.63) is 18.2 Å². The van der Waals surface area contributed by atoms with Crippen LogP contribution in [0.25, 0.3) is 0 Å². The maximum absolute atomic E-state index is 11.8. The molecule has 21 heavy (non-hydrogen) atoms. The number of hydrogen-bond donors (Lipinski definition) is 2. The molecule has 0 bridgehead atoms. The number of hydrogen-bond acceptors (Lipinski definition) is 5. The van der Waals surface area contributed by atoms with E-state index in [0.717, 1.165) is 25.2 Å². The number of piperidine rings is 1. The number of ether oxygens (including phenoxy) is 1. The van der Waals surface area contributed by atoms with Gasteiger partial charge in [-0.05, 0) is 37.6 Å². The number of nitrogen functional groups attached to an aromatic ring is 1. The highest BCUT2D eigenvalue weighted by Crippen LogP contribution is 2.29. The average Bonchev–Trinajstić information content (AvgIpc) is 2.47. The smallest absolute Gasteiger partial charge is 0.242 e. The molecular formula is C14H23N3O3S. The van der Waals surface area contributed by atoms with E-state index in [1.807, 2.05) is 0 Å². The van der Waals surface area contributed by atoms with Gasteiger partial charge in [-0.1, -0.05) is 6.92 Å². The fourth-order valence-corrected chi connectivity index (χ4v) is 3.50. The summed E-state index contributed by atoms with van der Waals surface area (Å²) >= 11 is 0. The molecule has 0 aromatic heterocycles. The minimum absolute atomic E-state index is 0.113. The molecule has 1 aromatic carbocycles. The second kappa shape index (κ2) is 6.21. The molecule has 1 fully saturated rings. The lowest BCUT2D eigenvalue weighted by Crippen LogP contribution is -2.44. The molecule has 2 unspecified atom stereocenters. The number of anilines is 2. The lowest BCUT2D eigenvalue weighted by atomic mass is 9.95. The number of nitrogens with two attached hydrogens (primary N) is 1. The van der Waals surface area contributed by atoms with Gasteiger partial charge < -0.3 is 15.4 Å². The third-order valence-corrected chi connectivity index (χ3v) is 5.60. The van der Waals surface area contributed by atoms with Gasteiger partial charge in [0.05, 0.1) is 11.8 Å². The van der Waals surface area contributed by atoms with Crippen LogP contribution >= 0.6 is 0 Å². The molecule has 1 heterocycles. The molecule has 6 nitrogen and oxygen atoms in total. The van der Waals surface area contributed by atoms with E-state index < -0.39 is 10.0 Å². The normalized spacial score (nSPS) is 23.3. The highest BCUT2D eigenvalue weighted by atomic mass is 32.2. The summed E-state index contributed by atoms with van der Waals surface area (Å²) in [5.41, 5.74) is 7.09. The third kappa shape index (κ3) is 3.30. The van der Waals surface area contributed by atoms with E-state index in [2.05, 4.69) is 16.5 Å². The Morgan fingerprint density at radius 2 is 2.14 bits per heavy atom. The summed E-state index contributed by atoms with van der Waals surface area (Å²) in [5, 5.41) is 0. The second-order valence-corrected chi connectivity index (χ2v) is 7.27. The van der Waals surface area contributed by atoms with Gasteiger partial charge in [-0.3, -0.25) is 0 Å². The maximum Gasteiger partial charge on any atom is 0.242 e. The first-order chi connectivity index (χ1) is 9.89. The van der Waals surface area contributed by atoms with Gasteiger partial charge in [0.25, 0.3) is 0 Å². The number of methoxy groups -OCH3 is 1. The Labute approximate surface area is 126 Å². The van der Waals surface area contributed by atoms with Crippen molar-refractivity contribution in [3.63, 3.8) is 0 Å². The van der Waals surface area contributed by atoms with Crippen molar-refractivity contribution in [1.29, 1.82) is 0 Å². The Morgan fingerprint density at radius 1 is 1.43 bits per heavy atom. The number of nitrogens with zero attached hydrogens (tertiary/aromatic N) is 1. The Hall–Kier alpha value is -1.31. The Balaban J connectivity index is 2.25. The SMILES string of the molecule is CNS(=O)(=O)c1ccc(N2CCC(C)C(OC)C2)cc1N. The zero-order valence-corrected chi connectivity index (χ0v) is 13.5. The standard InChI is InChI=1S/C14H23N3O3S/c1-10-6-7-17(9-13(10)20-3)11-4-5-14(12(15)8-11)21(18,19)16-2/h4-5,8,10,13,16H,6-7,9,15H2,1-3H3. The monoisotopic (exact) mass is 313 g/mol. The Kier molecular flexibility index (Phi) is 4.75. The summed E-state index contributed by atoms with van der Waals surface area (Å²) in [6.45, 7) is 3.89. The van der Waals surface area contributed by atoms with Gasteiger partial charge in [0.1, 0.15) is 4.90 Å². The fraction of sp³-hybridized carbons (Fsp3) is 0.571. The highest BCUT2D eigenvalue weighted by molar-refractivity contribution is 7.89. The van der Waals surface area contributed by atoms with Crippen LogP contribution in [0.4, 0.5) is 11.4 Å². The van der Waals surface area contributed by atoms with Gasteiger partial charge in [0, 0.05) is 25.9 Å². The molecule has 2 rings (SSSR count). The lowest BCUT2D eigenvalue weighted by Gasteiger charge is -2.37. The van der Waals surface area contributed by atoms with Gasteiger partial charge in [-0.25, -0.2) is 13.1 Å². The summed E-state index contributed by atoms with van der Waals surface area (Å²) in [7, 11) is -0.422. The van der Waals surface area contributed by atoms with E-state index in [1.54, 1.807) is 25.3 Å². The minimum atomic E-state index is -3.52. The van der Waals surface area contributed by atoms with E-state index in [0.29, 0.717) is 5.92 Å². The molecule has 1 aliphatic heterocycles. The van der Waals surface area contributed by atoms with Crippen molar-refractivity contribution in [2.45, 2.75) is 24.3 Å². The van der Waals surface area contributed by atoms with Gasteiger partial charge in [-0.15, -0.1) is 0 Å². The van der Waals surface area contributed by atoms with Crippen LogP contribution in [0.2, 0.25) is 0 Å². The number of sulfonamides is 1. The van der Waals surface area contributed by atoms with Crippen molar-refractivity contribution in [2.75, 3.05) is 37.9 Å².